The van der Waals surface area contributed by atoms with Crippen molar-refractivity contribution in [2.45, 2.75) is 20.1 Å². The number of rotatable bonds is 6. The fourth-order valence-corrected chi connectivity index (χ4v) is 2.44. The number of ether oxygens (including phenoxy) is 1. The average Bonchev–Trinajstić information content (AvgIpc) is 3.22. The molecular formula is C17H15ClFN3O4. The van der Waals surface area contributed by atoms with Crippen molar-refractivity contribution >= 4 is 17.5 Å². The highest BCUT2D eigenvalue weighted by molar-refractivity contribution is 6.32. The Morgan fingerprint density at radius 3 is 2.69 bits per heavy atom. The Balaban J connectivity index is 1.60. The third-order valence-electron chi connectivity index (χ3n) is 3.46. The van der Waals surface area contributed by atoms with Gasteiger partial charge in [0.2, 0.25) is 0 Å². The number of amides is 1. The topological polar surface area (TPSA) is 81.6 Å². The lowest BCUT2D eigenvalue weighted by molar-refractivity contribution is 0.0761. The van der Waals surface area contributed by atoms with Gasteiger partial charge in [-0.3, -0.25) is 4.79 Å². The lowest BCUT2D eigenvalue weighted by atomic mass is 10.3. The largest absolute Gasteiger partial charge is 0.484 e. The summed E-state index contributed by atoms with van der Waals surface area (Å²) in [5.74, 6) is 0.401. The second kappa shape index (κ2) is 7.57. The highest BCUT2D eigenvalue weighted by Gasteiger charge is 2.19. The summed E-state index contributed by atoms with van der Waals surface area (Å²) in [6.45, 7) is 2.05. The van der Waals surface area contributed by atoms with Crippen molar-refractivity contribution in [1.82, 2.24) is 15.2 Å². The number of hydrogen-bond donors (Lipinski definition) is 0. The Hall–Kier alpha value is -2.87. The molecule has 0 bridgehead atoms. The summed E-state index contributed by atoms with van der Waals surface area (Å²) < 4.78 is 28.7. The first kappa shape index (κ1) is 17.9. The first-order chi connectivity index (χ1) is 12.4. The van der Waals surface area contributed by atoms with Crippen LogP contribution in [-0.2, 0) is 13.2 Å². The molecule has 0 radical (unpaired) electrons. The van der Waals surface area contributed by atoms with Crippen molar-refractivity contribution in [2.24, 2.45) is 0 Å². The lowest BCUT2D eigenvalue weighted by Gasteiger charge is -2.12. The average molecular weight is 380 g/mol. The molecular weight excluding hydrogens is 365 g/mol. The minimum atomic E-state index is -0.458. The van der Waals surface area contributed by atoms with E-state index in [-0.39, 0.29) is 29.8 Å². The number of hydrogen-bond acceptors (Lipinski definition) is 6. The van der Waals surface area contributed by atoms with Crippen LogP contribution in [0, 0.1) is 12.7 Å². The summed E-state index contributed by atoms with van der Waals surface area (Å²) in [5, 5.41) is 7.66. The van der Waals surface area contributed by atoms with Gasteiger partial charge in [0.1, 0.15) is 18.2 Å². The number of nitrogens with zero attached hydrogens (tertiary/aromatic N) is 3. The quantitative estimate of drug-likeness (QED) is 0.650. The fourth-order valence-electron chi connectivity index (χ4n) is 2.21. The molecule has 136 valence electrons. The number of halogens is 2. The van der Waals surface area contributed by atoms with E-state index in [1.54, 1.807) is 20.0 Å². The van der Waals surface area contributed by atoms with E-state index in [9.17, 15) is 9.18 Å². The highest BCUT2D eigenvalue weighted by Crippen LogP contribution is 2.25. The van der Waals surface area contributed by atoms with Gasteiger partial charge in [-0.05, 0) is 25.1 Å². The Bertz CT molecular complexity index is 924. The Morgan fingerprint density at radius 2 is 2.00 bits per heavy atom. The molecule has 0 atom stereocenters. The fraction of sp³-hybridized carbons (Fsp3) is 0.235. The van der Waals surface area contributed by atoms with Gasteiger partial charge in [-0.15, -0.1) is 0 Å². The molecule has 0 fully saturated rings. The molecule has 1 amide bonds. The van der Waals surface area contributed by atoms with Crippen molar-refractivity contribution in [1.29, 1.82) is 0 Å². The maximum Gasteiger partial charge on any atom is 0.276 e. The Kier molecular flexibility index (Phi) is 5.22. The van der Waals surface area contributed by atoms with E-state index in [1.165, 1.54) is 23.1 Å². The number of benzene rings is 1. The maximum absolute atomic E-state index is 13.0. The van der Waals surface area contributed by atoms with E-state index in [0.717, 1.165) is 11.8 Å². The van der Waals surface area contributed by atoms with Crippen molar-refractivity contribution in [3.63, 3.8) is 0 Å². The molecule has 3 rings (SSSR count). The maximum atomic E-state index is 13.0. The molecule has 1 aromatic carbocycles. The van der Waals surface area contributed by atoms with Crippen LogP contribution in [0.5, 0.6) is 5.75 Å². The number of aryl methyl sites for hydroxylation is 1. The molecule has 26 heavy (non-hydrogen) atoms. The molecule has 2 heterocycles. The second-order valence-corrected chi connectivity index (χ2v) is 6.04. The van der Waals surface area contributed by atoms with E-state index < -0.39 is 5.82 Å². The second-order valence-electron chi connectivity index (χ2n) is 5.64. The van der Waals surface area contributed by atoms with Crippen LogP contribution < -0.4 is 4.74 Å². The smallest absolute Gasteiger partial charge is 0.276 e. The lowest BCUT2D eigenvalue weighted by Crippen LogP contribution is -2.26. The van der Waals surface area contributed by atoms with Gasteiger partial charge in [-0.25, -0.2) is 4.39 Å². The van der Waals surface area contributed by atoms with Crippen LogP contribution in [0.2, 0.25) is 5.02 Å². The third kappa shape index (κ3) is 4.20. The van der Waals surface area contributed by atoms with Crippen LogP contribution in [-0.4, -0.2) is 28.2 Å². The summed E-state index contributed by atoms with van der Waals surface area (Å²) in [7, 11) is 1.61. The number of aromatic nitrogens is 2. The molecule has 7 nitrogen and oxygen atoms in total. The summed E-state index contributed by atoms with van der Waals surface area (Å²) in [4.78, 5) is 13.8. The molecule has 0 N–H and O–H groups in total. The summed E-state index contributed by atoms with van der Waals surface area (Å²) >= 11 is 5.89. The standard InChI is InChI=1S/C17H15ClFN3O4/c1-10-5-12(25-20-10)8-22(2)17(23)15-7-13(26-21-15)9-24-16-4-3-11(19)6-14(16)18/h3-7H,8-9H2,1-2H3. The van der Waals surface area contributed by atoms with Gasteiger partial charge in [0.05, 0.1) is 17.3 Å². The molecule has 0 aliphatic rings. The number of carbonyl (C=O) groups excluding carboxylic acids is 1. The SMILES string of the molecule is Cc1cc(CN(C)C(=O)c2cc(COc3ccc(F)cc3Cl)on2)on1. The van der Waals surface area contributed by atoms with Crippen LogP contribution in [0.1, 0.15) is 27.7 Å². The predicted octanol–water partition coefficient (Wildman–Crippen LogP) is 3.61. The zero-order valence-corrected chi connectivity index (χ0v) is 14.8. The van der Waals surface area contributed by atoms with Crippen molar-refractivity contribution in [3.05, 3.63) is 64.1 Å². The molecule has 0 saturated carbocycles. The number of carbonyl (C=O) groups is 1. The first-order valence-electron chi connectivity index (χ1n) is 7.63. The molecule has 0 spiro atoms. The minimum absolute atomic E-state index is 0.00333. The van der Waals surface area contributed by atoms with E-state index in [2.05, 4.69) is 10.3 Å². The summed E-state index contributed by atoms with van der Waals surface area (Å²) in [6, 6.07) is 7.01. The van der Waals surface area contributed by atoms with E-state index in [0.29, 0.717) is 17.3 Å². The highest BCUT2D eigenvalue weighted by atomic mass is 35.5. The van der Waals surface area contributed by atoms with Crippen LogP contribution in [0.25, 0.3) is 0 Å². The molecule has 0 unspecified atom stereocenters. The van der Waals surface area contributed by atoms with Gasteiger partial charge in [-0.1, -0.05) is 21.9 Å². The van der Waals surface area contributed by atoms with Crippen LogP contribution in [0.15, 0.2) is 39.4 Å². The normalized spacial score (nSPS) is 10.8. The summed E-state index contributed by atoms with van der Waals surface area (Å²) in [6.07, 6.45) is 0. The molecule has 3 aromatic rings. The third-order valence-corrected chi connectivity index (χ3v) is 3.75. The van der Waals surface area contributed by atoms with Crippen molar-refractivity contribution < 1.29 is 23.0 Å². The molecule has 0 saturated heterocycles. The van der Waals surface area contributed by atoms with Gasteiger partial charge in [0, 0.05) is 19.2 Å². The molecule has 0 aliphatic heterocycles. The van der Waals surface area contributed by atoms with Crippen LogP contribution in [0.3, 0.4) is 0 Å². The summed E-state index contributed by atoms with van der Waals surface area (Å²) in [5.41, 5.74) is 0.869. The molecule has 9 heteroatoms. The van der Waals surface area contributed by atoms with E-state index >= 15 is 0 Å². The van der Waals surface area contributed by atoms with Crippen molar-refractivity contribution in [3.8, 4) is 5.75 Å². The Morgan fingerprint density at radius 1 is 1.23 bits per heavy atom. The zero-order valence-electron chi connectivity index (χ0n) is 14.0. The van der Waals surface area contributed by atoms with Gasteiger partial charge in [0.25, 0.3) is 5.91 Å². The van der Waals surface area contributed by atoms with Gasteiger partial charge < -0.3 is 18.7 Å². The van der Waals surface area contributed by atoms with Gasteiger partial charge in [-0.2, -0.15) is 0 Å². The monoisotopic (exact) mass is 379 g/mol. The van der Waals surface area contributed by atoms with E-state index in [1.807, 2.05) is 0 Å². The predicted molar refractivity (Wildman–Crippen MR) is 89.3 cm³/mol. The molecule has 0 aliphatic carbocycles. The zero-order chi connectivity index (χ0) is 18.7. The first-order valence-corrected chi connectivity index (χ1v) is 8.01. The van der Waals surface area contributed by atoms with Crippen LogP contribution in [0.4, 0.5) is 4.39 Å². The molecule has 2 aromatic heterocycles. The van der Waals surface area contributed by atoms with E-state index in [4.69, 9.17) is 25.4 Å². The minimum Gasteiger partial charge on any atom is -0.484 e. The van der Waals surface area contributed by atoms with Gasteiger partial charge >= 0.3 is 0 Å². The van der Waals surface area contributed by atoms with Crippen molar-refractivity contribution in [2.75, 3.05) is 7.05 Å². The van der Waals surface area contributed by atoms with Crippen LogP contribution >= 0.6 is 11.6 Å². The Labute approximate surface area is 153 Å². The van der Waals surface area contributed by atoms with Gasteiger partial charge in [0.15, 0.2) is 17.2 Å².